The minimum atomic E-state index is 0.248. The molecule has 2 N–H and O–H groups in total. The predicted octanol–water partition coefficient (Wildman–Crippen LogP) is 14.7. The second-order valence-corrected chi connectivity index (χ2v) is 14.8. The number of hydrogen-bond donors (Lipinski definition) is 2. The number of hydrogen-bond acceptors (Lipinski definition) is 2. The number of rotatable bonds is 8. The summed E-state index contributed by atoms with van der Waals surface area (Å²) in [4.78, 5) is 1.66. The molecule has 274 valence electrons. The molecule has 0 heterocycles. The van der Waals surface area contributed by atoms with Crippen LogP contribution < -0.4 is 4.90 Å². The van der Waals surface area contributed by atoms with E-state index in [1.54, 1.807) is 4.90 Å². The van der Waals surface area contributed by atoms with Gasteiger partial charge in [-0.3, -0.25) is 15.7 Å². The Morgan fingerprint density at radius 3 is 1.29 bits per heavy atom. The number of aryl methyl sites for hydroxylation is 1. The molecule has 0 atom stereocenters. The van der Waals surface area contributed by atoms with E-state index >= 15 is 0 Å². The molecule has 0 saturated carbocycles. The number of benzene rings is 10. The molecule has 0 aliphatic rings. The SMILES string of the molecule is Cc1ccccc1-c1cc(C(=N)N(C=N)c2ccccc2)c2ccc3c(-c4ccccc4-c4ccccc4)cc(-c4ccccc4-c4ccccc4)c4ccc1c2c34. The van der Waals surface area contributed by atoms with Crippen molar-refractivity contribution in [2.24, 2.45) is 0 Å². The Hall–Kier alpha value is -7.62. The molecule has 0 spiro atoms. The van der Waals surface area contributed by atoms with E-state index in [1.165, 1.54) is 34.0 Å². The number of amidine groups is 1. The van der Waals surface area contributed by atoms with Crippen molar-refractivity contribution in [3.8, 4) is 55.6 Å². The molecule has 0 saturated heterocycles. The normalized spacial score (nSPS) is 11.3. The molecule has 3 nitrogen and oxygen atoms in total. The molecule has 58 heavy (non-hydrogen) atoms. The molecule has 0 radical (unpaired) electrons. The molecule has 3 heteroatoms. The van der Waals surface area contributed by atoms with Crippen molar-refractivity contribution in [2.45, 2.75) is 6.92 Å². The lowest BCUT2D eigenvalue weighted by Crippen LogP contribution is -2.29. The van der Waals surface area contributed by atoms with E-state index in [0.717, 1.165) is 77.1 Å². The van der Waals surface area contributed by atoms with Gasteiger partial charge < -0.3 is 0 Å². The highest BCUT2D eigenvalue weighted by Crippen LogP contribution is 2.49. The van der Waals surface area contributed by atoms with Gasteiger partial charge in [-0.1, -0.05) is 176 Å². The van der Waals surface area contributed by atoms with Crippen LogP contribution in [0.25, 0.3) is 88.0 Å². The predicted molar refractivity (Wildman–Crippen MR) is 247 cm³/mol. The van der Waals surface area contributed by atoms with E-state index in [4.69, 9.17) is 5.41 Å². The smallest absolute Gasteiger partial charge is 0.138 e. The fourth-order valence-electron chi connectivity index (χ4n) is 8.89. The fourth-order valence-corrected chi connectivity index (χ4v) is 8.89. The molecule has 10 aromatic carbocycles. The van der Waals surface area contributed by atoms with Gasteiger partial charge in [0.15, 0.2) is 0 Å². The minimum Gasteiger partial charge on any atom is -0.291 e. The zero-order chi connectivity index (χ0) is 39.2. The summed E-state index contributed by atoms with van der Waals surface area (Å²) in [6.45, 7) is 2.16. The van der Waals surface area contributed by atoms with Crippen molar-refractivity contribution >= 4 is 50.2 Å². The number of nitrogens with one attached hydrogen (secondary N) is 2. The van der Waals surface area contributed by atoms with Gasteiger partial charge in [-0.2, -0.15) is 0 Å². The van der Waals surface area contributed by atoms with Gasteiger partial charge in [0.25, 0.3) is 0 Å². The molecule has 10 rings (SSSR count). The van der Waals surface area contributed by atoms with Crippen LogP contribution >= 0.6 is 0 Å². The molecular formula is C55H39N3. The van der Waals surface area contributed by atoms with Crippen molar-refractivity contribution in [1.29, 1.82) is 10.8 Å². The van der Waals surface area contributed by atoms with Gasteiger partial charge in [-0.25, -0.2) is 0 Å². The van der Waals surface area contributed by atoms with Gasteiger partial charge in [-0.15, -0.1) is 0 Å². The van der Waals surface area contributed by atoms with E-state index < -0.39 is 0 Å². The molecule has 0 amide bonds. The highest BCUT2D eigenvalue weighted by atomic mass is 15.2. The maximum atomic E-state index is 9.83. The van der Waals surface area contributed by atoms with Crippen LogP contribution in [0.2, 0.25) is 0 Å². The summed E-state index contributed by atoms with van der Waals surface area (Å²) >= 11 is 0. The highest BCUT2D eigenvalue weighted by molar-refractivity contribution is 6.34. The Bertz CT molecular complexity index is 3050. The summed E-state index contributed by atoms with van der Waals surface area (Å²) in [5.74, 6) is 0.248. The van der Waals surface area contributed by atoms with E-state index in [9.17, 15) is 5.41 Å². The molecule has 0 bridgehead atoms. The van der Waals surface area contributed by atoms with E-state index in [0.29, 0.717) is 0 Å². The molecule has 0 aliphatic heterocycles. The zero-order valence-corrected chi connectivity index (χ0v) is 32.1. The topological polar surface area (TPSA) is 50.9 Å². The Labute approximate surface area is 338 Å². The molecule has 0 aromatic heterocycles. The summed E-state index contributed by atoms with van der Waals surface area (Å²) in [5.41, 5.74) is 14.2. The van der Waals surface area contributed by atoms with Crippen LogP contribution in [0.3, 0.4) is 0 Å². The standard InChI is InChI=1S/C55H39N3/c1-36-17-11-12-24-40(36)49-34-52(55(57)58(35-56)39-22-9-4-10-23-39)48-32-31-47-51(44-28-16-14-26-42(44)38-20-7-3-8-21-38)33-50(46-30-29-45(49)54(48)53(46)47)43-27-15-13-25-41(43)37-18-5-2-6-19-37/h2-35,56-57H,1H3. The van der Waals surface area contributed by atoms with Gasteiger partial charge in [0, 0.05) is 11.3 Å². The Balaban J connectivity index is 1.37. The van der Waals surface area contributed by atoms with Gasteiger partial charge in [-0.05, 0) is 125 Å². The second-order valence-electron chi connectivity index (χ2n) is 14.8. The van der Waals surface area contributed by atoms with Gasteiger partial charge in [0.2, 0.25) is 0 Å². The van der Waals surface area contributed by atoms with E-state index in [1.807, 2.05) is 30.3 Å². The van der Waals surface area contributed by atoms with Crippen LogP contribution in [-0.4, -0.2) is 12.2 Å². The lowest BCUT2D eigenvalue weighted by Gasteiger charge is -2.25. The van der Waals surface area contributed by atoms with Gasteiger partial charge in [0.05, 0.1) is 6.34 Å². The average molecular weight is 742 g/mol. The summed E-state index contributed by atoms with van der Waals surface area (Å²) < 4.78 is 0. The lowest BCUT2D eigenvalue weighted by molar-refractivity contribution is 1.33. The van der Waals surface area contributed by atoms with Crippen molar-refractivity contribution in [2.75, 3.05) is 4.90 Å². The number of nitrogens with zero attached hydrogens (tertiary/aromatic N) is 1. The Morgan fingerprint density at radius 2 is 0.793 bits per heavy atom. The maximum absolute atomic E-state index is 9.83. The monoisotopic (exact) mass is 741 g/mol. The molecular weight excluding hydrogens is 703 g/mol. The minimum absolute atomic E-state index is 0.248. The zero-order valence-electron chi connectivity index (χ0n) is 32.1. The largest absolute Gasteiger partial charge is 0.291 e. The molecule has 0 fully saturated rings. The van der Waals surface area contributed by atoms with E-state index in [-0.39, 0.29) is 5.84 Å². The van der Waals surface area contributed by atoms with Crippen LogP contribution in [0.1, 0.15) is 11.1 Å². The number of anilines is 1. The van der Waals surface area contributed by atoms with Crippen LogP contribution in [0.4, 0.5) is 5.69 Å². The summed E-state index contributed by atoms with van der Waals surface area (Å²) in [5, 5.41) is 25.1. The second kappa shape index (κ2) is 14.5. The molecule has 0 unspecified atom stereocenters. The first kappa shape index (κ1) is 34.8. The first-order valence-corrected chi connectivity index (χ1v) is 19.7. The van der Waals surface area contributed by atoms with Crippen molar-refractivity contribution < 1.29 is 0 Å². The molecule has 10 aromatic rings. The average Bonchev–Trinajstić information content (AvgIpc) is 3.29. The summed E-state index contributed by atoms with van der Waals surface area (Å²) in [7, 11) is 0. The van der Waals surface area contributed by atoms with Gasteiger partial charge in [0.1, 0.15) is 5.84 Å². The molecule has 0 aliphatic carbocycles. The van der Waals surface area contributed by atoms with Crippen LogP contribution in [0, 0.1) is 17.7 Å². The van der Waals surface area contributed by atoms with Crippen molar-refractivity contribution in [3.63, 3.8) is 0 Å². The van der Waals surface area contributed by atoms with E-state index in [2.05, 4.69) is 177 Å². The summed E-state index contributed by atoms with van der Waals surface area (Å²) in [6.07, 6.45) is 1.25. The lowest BCUT2D eigenvalue weighted by atomic mass is 9.80. The Kier molecular flexibility index (Phi) is 8.69. The first-order valence-electron chi connectivity index (χ1n) is 19.7. The quantitative estimate of drug-likeness (QED) is 0.0909. The maximum Gasteiger partial charge on any atom is 0.138 e. The van der Waals surface area contributed by atoms with Gasteiger partial charge >= 0.3 is 0 Å². The highest BCUT2D eigenvalue weighted by Gasteiger charge is 2.25. The van der Waals surface area contributed by atoms with Crippen molar-refractivity contribution in [1.82, 2.24) is 0 Å². The third-order valence-corrected chi connectivity index (χ3v) is 11.6. The third kappa shape index (κ3) is 5.75. The third-order valence-electron chi connectivity index (χ3n) is 11.6. The van der Waals surface area contributed by atoms with Crippen LogP contribution in [-0.2, 0) is 0 Å². The Morgan fingerprint density at radius 1 is 0.397 bits per heavy atom. The summed E-state index contributed by atoms with van der Waals surface area (Å²) in [6, 6.07) is 70.7. The van der Waals surface area contributed by atoms with Crippen LogP contribution in [0.5, 0.6) is 0 Å². The number of para-hydroxylation sites is 1. The van der Waals surface area contributed by atoms with Crippen LogP contribution in [0.15, 0.2) is 200 Å². The van der Waals surface area contributed by atoms with Crippen molar-refractivity contribution in [3.05, 3.63) is 211 Å². The first-order chi connectivity index (χ1) is 28.6. The fraction of sp³-hybridized carbons (Fsp3) is 0.0182.